The summed E-state index contributed by atoms with van der Waals surface area (Å²) >= 11 is 0. The first-order valence-electron chi connectivity index (χ1n) is 9.30. The molecule has 4 nitrogen and oxygen atoms in total. The molecule has 3 aliphatic rings. The molecule has 0 saturated heterocycles. The molecule has 4 heteroatoms. The van der Waals surface area contributed by atoms with Crippen LogP contribution < -0.4 is 10.6 Å². The second kappa shape index (κ2) is 7.81. The highest BCUT2D eigenvalue weighted by atomic mass is 16.5. The van der Waals surface area contributed by atoms with Crippen LogP contribution in [0.15, 0.2) is 75.7 Å². The Labute approximate surface area is 156 Å². The second-order valence-electron chi connectivity index (χ2n) is 7.13. The van der Waals surface area contributed by atoms with Crippen molar-refractivity contribution in [3.05, 3.63) is 70.7 Å². The Balaban J connectivity index is 1.72. The van der Waals surface area contributed by atoms with Crippen LogP contribution >= 0.6 is 0 Å². The second-order valence-corrected chi connectivity index (χ2v) is 7.13. The fourth-order valence-corrected chi connectivity index (χ4v) is 3.81. The summed E-state index contributed by atoms with van der Waals surface area (Å²) in [5.74, 6) is 1.68. The molecule has 3 rings (SSSR count). The maximum atomic E-state index is 5.65. The minimum atomic E-state index is 0.700. The molecule has 0 atom stereocenters. The van der Waals surface area contributed by atoms with Gasteiger partial charge in [0.15, 0.2) is 0 Å². The molecule has 0 radical (unpaired) electrons. The van der Waals surface area contributed by atoms with Crippen molar-refractivity contribution in [3.8, 4) is 0 Å². The van der Waals surface area contributed by atoms with Gasteiger partial charge in [-0.05, 0) is 61.8 Å². The summed E-state index contributed by atoms with van der Waals surface area (Å²) in [6.45, 7) is 12.4. The standard InChI is InChI=1S/C22H29N3O/c1-14-12-19(13-23-14)16(3)24-17(4)25-22-15(2)20(10-11-21(22)26-5)18-8-6-7-9-18/h8,13,24-25H,3-4,6-7,9-12H2,1-2,5H3. The Bertz CT molecular complexity index is 790. The summed E-state index contributed by atoms with van der Waals surface area (Å²) in [6, 6.07) is 0. The first-order chi connectivity index (χ1) is 12.5. The molecule has 0 saturated carbocycles. The van der Waals surface area contributed by atoms with Crippen LogP contribution in [0.3, 0.4) is 0 Å². The van der Waals surface area contributed by atoms with Crippen molar-refractivity contribution in [1.29, 1.82) is 0 Å². The molecular weight excluding hydrogens is 322 g/mol. The third kappa shape index (κ3) is 3.85. The van der Waals surface area contributed by atoms with Crippen LogP contribution in [0, 0.1) is 0 Å². The minimum absolute atomic E-state index is 0.700. The zero-order valence-electron chi connectivity index (χ0n) is 16.2. The largest absolute Gasteiger partial charge is 0.499 e. The summed E-state index contributed by atoms with van der Waals surface area (Å²) in [5.41, 5.74) is 8.28. The van der Waals surface area contributed by atoms with E-state index in [1.54, 1.807) is 7.11 Å². The quantitative estimate of drug-likeness (QED) is 0.680. The topological polar surface area (TPSA) is 45.7 Å². The molecule has 26 heavy (non-hydrogen) atoms. The highest BCUT2D eigenvalue weighted by Gasteiger charge is 2.23. The number of hydrogen-bond donors (Lipinski definition) is 2. The van der Waals surface area contributed by atoms with Gasteiger partial charge in [-0.15, -0.1) is 0 Å². The first-order valence-corrected chi connectivity index (χ1v) is 9.30. The Hall–Kier alpha value is -2.49. The summed E-state index contributed by atoms with van der Waals surface area (Å²) in [5, 5.41) is 6.70. The van der Waals surface area contributed by atoms with Gasteiger partial charge in [-0.1, -0.05) is 19.2 Å². The molecule has 0 bridgehead atoms. The van der Waals surface area contributed by atoms with Gasteiger partial charge in [0.25, 0.3) is 0 Å². The Kier molecular flexibility index (Phi) is 5.50. The smallest absolute Gasteiger partial charge is 0.120 e. The maximum Gasteiger partial charge on any atom is 0.120 e. The van der Waals surface area contributed by atoms with E-state index in [1.807, 2.05) is 13.1 Å². The van der Waals surface area contributed by atoms with Gasteiger partial charge in [-0.25, -0.2) is 0 Å². The zero-order chi connectivity index (χ0) is 18.7. The van der Waals surface area contributed by atoms with E-state index < -0.39 is 0 Å². The van der Waals surface area contributed by atoms with Crippen molar-refractivity contribution >= 4 is 5.71 Å². The number of methoxy groups -OCH3 is 1. The van der Waals surface area contributed by atoms with E-state index in [0.717, 1.165) is 47.7 Å². The summed E-state index contributed by atoms with van der Waals surface area (Å²) in [7, 11) is 1.74. The fraction of sp³-hybridized carbons (Fsp3) is 0.409. The predicted octanol–water partition coefficient (Wildman–Crippen LogP) is 4.98. The number of aliphatic imine (C=N–C) groups is 1. The summed E-state index contributed by atoms with van der Waals surface area (Å²) in [4.78, 5) is 4.31. The van der Waals surface area contributed by atoms with E-state index in [-0.39, 0.29) is 0 Å². The molecule has 0 fully saturated rings. The molecule has 0 unspecified atom stereocenters. The van der Waals surface area contributed by atoms with Gasteiger partial charge in [0.1, 0.15) is 11.6 Å². The lowest BCUT2D eigenvalue weighted by Crippen LogP contribution is -2.28. The van der Waals surface area contributed by atoms with Gasteiger partial charge in [0, 0.05) is 30.5 Å². The summed E-state index contributed by atoms with van der Waals surface area (Å²) in [6.07, 6.45) is 10.7. The monoisotopic (exact) mass is 351 g/mol. The highest BCUT2D eigenvalue weighted by Crippen LogP contribution is 2.37. The molecule has 138 valence electrons. The molecule has 1 aliphatic heterocycles. The first kappa shape index (κ1) is 18.3. The predicted molar refractivity (Wildman–Crippen MR) is 108 cm³/mol. The van der Waals surface area contributed by atoms with E-state index >= 15 is 0 Å². The third-order valence-electron chi connectivity index (χ3n) is 5.24. The lowest BCUT2D eigenvalue weighted by molar-refractivity contribution is 0.268. The Morgan fingerprint density at radius 1 is 1.19 bits per heavy atom. The number of rotatable bonds is 7. The van der Waals surface area contributed by atoms with Gasteiger partial charge in [-0.3, -0.25) is 4.99 Å². The molecule has 0 spiro atoms. The molecule has 0 aromatic heterocycles. The number of ether oxygens (including phenoxy) is 1. The van der Waals surface area contributed by atoms with Crippen LogP contribution in [0.2, 0.25) is 0 Å². The average molecular weight is 351 g/mol. The number of nitrogens with zero attached hydrogens (tertiary/aromatic N) is 1. The van der Waals surface area contributed by atoms with Crippen LogP contribution in [0.4, 0.5) is 0 Å². The molecule has 2 N–H and O–H groups in total. The lowest BCUT2D eigenvalue weighted by atomic mass is 9.89. The van der Waals surface area contributed by atoms with E-state index in [2.05, 4.69) is 41.8 Å². The number of allylic oxidation sites excluding steroid dienone is 6. The van der Waals surface area contributed by atoms with Gasteiger partial charge < -0.3 is 15.4 Å². The average Bonchev–Trinajstić information content (AvgIpc) is 3.28. The van der Waals surface area contributed by atoms with E-state index in [1.165, 1.54) is 36.0 Å². The molecule has 0 aromatic carbocycles. The van der Waals surface area contributed by atoms with Crippen molar-refractivity contribution < 1.29 is 4.74 Å². The molecular formula is C22H29N3O. The molecule has 1 heterocycles. The molecule has 0 aromatic rings. The molecule has 2 aliphatic carbocycles. The van der Waals surface area contributed by atoms with Gasteiger partial charge in [-0.2, -0.15) is 0 Å². The third-order valence-corrected chi connectivity index (χ3v) is 5.24. The van der Waals surface area contributed by atoms with Crippen LogP contribution in [0.25, 0.3) is 0 Å². The normalized spacial score (nSPS) is 19.9. The highest BCUT2D eigenvalue weighted by molar-refractivity contribution is 5.87. The van der Waals surface area contributed by atoms with Crippen LogP contribution in [0.5, 0.6) is 0 Å². The number of nitrogens with one attached hydrogen (secondary N) is 2. The lowest BCUT2D eigenvalue weighted by Gasteiger charge is -2.26. The van der Waals surface area contributed by atoms with Gasteiger partial charge >= 0.3 is 0 Å². The Morgan fingerprint density at radius 2 is 2.00 bits per heavy atom. The minimum Gasteiger partial charge on any atom is -0.499 e. The summed E-state index contributed by atoms with van der Waals surface area (Å²) < 4.78 is 5.65. The Morgan fingerprint density at radius 3 is 2.62 bits per heavy atom. The fourth-order valence-electron chi connectivity index (χ4n) is 3.81. The zero-order valence-corrected chi connectivity index (χ0v) is 16.2. The van der Waals surface area contributed by atoms with Crippen LogP contribution in [0.1, 0.15) is 52.4 Å². The van der Waals surface area contributed by atoms with Crippen molar-refractivity contribution in [2.24, 2.45) is 4.99 Å². The van der Waals surface area contributed by atoms with Crippen LogP contribution in [-0.4, -0.2) is 12.8 Å². The van der Waals surface area contributed by atoms with Gasteiger partial charge in [0.05, 0.1) is 12.8 Å². The van der Waals surface area contributed by atoms with Crippen molar-refractivity contribution in [2.75, 3.05) is 7.11 Å². The van der Waals surface area contributed by atoms with E-state index in [0.29, 0.717) is 5.82 Å². The van der Waals surface area contributed by atoms with E-state index in [4.69, 9.17) is 4.74 Å². The van der Waals surface area contributed by atoms with Gasteiger partial charge in [0.2, 0.25) is 0 Å². The van der Waals surface area contributed by atoms with Crippen molar-refractivity contribution in [1.82, 2.24) is 10.6 Å². The number of hydrogen-bond acceptors (Lipinski definition) is 4. The molecule has 0 amide bonds. The van der Waals surface area contributed by atoms with Crippen LogP contribution in [-0.2, 0) is 4.74 Å². The van der Waals surface area contributed by atoms with Crippen molar-refractivity contribution in [2.45, 2.75) is 52.4 Å². The van der Waals surface area contributed by atoms with Crippen molar-refractivity contribution in [3.63, 3.8) is 0 Å². The van der Waals surface area contributed by atoms with E-state index in [9.17, 15) is 0 Å². The SMILES string of the molecule is C=C(NC(=C)C1=CN=C(C)C1)NC1=C(OC)CCC(C2=CCCC2)=C1C. The maximum absolute atomic E-state index is 5.65.